The molecule has 160 valence electrons. The van der Waals surface area contributed by atoms with Crippen LogP contribution in [0.3, 0.4) is 0 Å². The van der Waals surface area contributed by atoms with Crippen LogP contribution in [0.1, 0.15) is 45.4 Å². The van der Waals surface area contributed by atoms with Crippen molar-refractivity contribution in [3.63, 3.8) is 0 Å². The monoisotopic (exact) mass is 393 g/mol. The van der Waals surface area contributed by atoms with Gasteiger partial charge in [0.2, 0.25) is 0 Å². The molecule has 2 N–H and O–H groups in total. The van der Waals surface area contributed by atoms with Crippen LogP contribution >= 0.6 is 0 Å². The highest BCUT2D eigenvalue weighted by atomic mass is 16.5. The summed E-state index contributed by atoms with van der Waals surface area (Å²) in [5.41, 5.74) is 0. The van der Waals surface area contributed by atoms with E-state index in [0.29, 0.717) is 0 Å². The quantitative estimate of drug-likeness (QED) is 0.319. The standard InChI is InChI=1S/C20H39N7O/c1-4-19-25-24-17-27(19)15-11-23-20(22-10-6-16-28-3)21-9-5-12-26-13-7-18(2)8-14-26/h17-18H,4-16H2,1-3H3,(H2,21,22,23). The maximum Gasteiger partial charge on any atom is 0.191 e. The van der Waals surface area contributed by atoms with Crippen molar-refractivity contribution in [3.05, 3.63) is 12.2 Å². The van der Waals surface area contributed by atoms with Crippen LogP contribution in [0.2, 0.25) is 0 Å². The summed E-state index contributed by atoms with van der Waals surface area (Å²) in [6.45, 7) is 12.2. The lowest BCUT2D eigenvalue weighted by Gasteiger charge is -2.30. The zero-order chi connectivity index (χ0) is 20.0. The number of aromatic nitrogens is 3. The average Bonchev–Trinajstić information content (AvgIpc) is 3.17. The Labute approximate surface area is 170 Å². The summed E-state index contributed by atoms with van der Waals surface area (Å²) in [7, 11) is 1.73. The molecule has 0 unspecified atom stereocenters. The Kier molecular flexibility index (Phi) is 10.9. The third kappa shape index (κ3) is 8.56. The fourth-order valence-corrected chi connectivity index (χ4v) is 3.40. The predicted octanol–water partition coefficient (Wildman–Crippen LogP) is 1.53. The van der Waals surface area contributed by atoms with Crippen molar-refractivity contribution in [2.75, 3.05) is 53.0 Å². The number of ether oxygens (including phenoxy) is 1. The van der Waals surface area contributed by atoms with E-state index in [1.165, 1.54) is 25.9 Å². The first-order valence-electron chi connectivity index (χ1n) is 10.8. The van der Waals surface area contributed by atoms with Gasteiger partial charge >= 0.3 is 0 Å². The summed E-state index contributed by atoms with van der Waals surface area (Å²) in [5.74, 6) is 2.79. The maximum atomic E-state index is 5.12. The van der Waals surface area contributed by atoms with E-state index >= 15 is 0 Å². The van der Waals surface area contributed by atoms with Crippen LogP contribution in [0.5, 0.6) is 0 Å². The fraction of sp³-hybridized carbons (Fsp3) is 0.850. The highest BCUT2D eigenvalue weighted by molar-refractivity contribution is 5.79. The molecule has 8 nitrogen and oxygen atoms in total. The second-order valence-corrected chi connectivity index (χ2v) is 7.60. The van der Waals surface area contributed by atoms with Gasteiger partial charge in [-0.25, -0.2) is 0 Å². The zero-order valence-corrected chi connectivity index (χ0v) is 18.0. The number of aliphatic imine (C=N–C) groups is 1. The fourth-order valence-electron chi connectivity index (χ4n) is 3.40. The van der Waals surface area contributed by atoms with Crippen molar-refractivity contribution in [3.8, 4) is 0 Å². The van der Waals surface area contributed by atoms with Gasteiger partial charge in [0, 0.05) is 46.3 Å². The molecule has 8 heteroatoms. The Morgan fingerprint density at radius 1 is 1.21 bits per heavy atom. The molecule has 1 saturated heterocycles. The molecule has 1 aliphatic rings. The van der Waals surface area contributed by atoms with Crippen molar-refractivity contribution in [2.24, 2.45) is 10.9 Å². The zero-order valence-electron chi connectivity index (χ0n) is 18.0. The Morgan fingerprint density at radius 3 is 2.75 bits per heavy atom. The number of guanidine groups is 1. The van der Waals surface area contributed by atoms with Crippen LogP contribution in [0.15, 0.2) is 11.3 Å². The summed E-state index contributed by atoms with van der Waals surface area (Å²) in [5, 5.41) is 15.0. The number of hydrogen-bond donors (Lipinski definition) is 2. The van der Waals surface area contributed by atoms with Gasteiger partial charge in [-0.3, -0.25) is 4.99 Å². The number of methoxy groups -OCH3 is 1. The molecule has 2 rings (SSSR count). The van der Waals surface area contributed by atoms with Gasteiger partial charge in [0.05, 0.1) is 0 Å². The smallest absolute Gasteiger partial charge is 0.191 e. The minimum Gasteiger partial charge on any atom is -0.385 e. The van der Waals surface area contributed by atoms with E-state index in [1.54, 1.807) is 13.4 Å². The summed E-state index contributed by atoms with van der Waals surface area (Å²) in [6.07, 6.45) is 7.43. The molecular formula is C20H39N7O. The van der Waals surface area contributed by atoms with Gasteiger partial charge in [-0.2, -0.15) is 0 Å². The molecule has 0 spiro atoms. The molecule has 0 saturated carbocycles. The number of nitrogens with zero attached hydrogens (tertiary/aromatic N) is 5. The average molecular weight is 394 g/mol. The molecule has 0 aliphatic carbocycles. The van der Waals surface area contributed by atoms with Crippen LogP contribution in [0.25, 0.3) is 0 Å². The van der Waals surface area contributed by atoms with E-state index in [1.807, 2.05) is 0 Å². The van der Waals surface area contributed by atoms with Gasteiger partial charge in [0.25, 0.3) is 0 Å². The molecule has 2 heterocycles. The van der Waals surface area contributed by atoms with E-state index in [9.17, 15) is 0 Å². The SMILES string of the molecule is CCc1nncn1CCNC(=NCCCOC)NCCCN1CCC(C)CC1. The van der Waals surface area contributed by atoms with E-state index in [2.05, 4.69) is 49.1 Å². The molecule has 1 aromatic heterocycles. The predicted molar refractivity (Wildman–Crippen MR) is 114 cm³/mol. The van der Waals surface area contributed by atoms with Crippen molar-refractivity contribution in [1.82, 2.24) is 30.3 Å². The van der Waals surface area contributed by atoms with Gasteiger partial charge in [-0.1, -0.05) is 13.8 Å². The Balaban J connectivity index is 1.70. The van der Waals surface area contributed by atoms with Gasteiger partial charge in [0.1, 0.15) is 12.2 Å². The lowest BCUT2D eigenvalue weighted by molar-refractivity contribution is 0.191. The summed E-state index contributed by atoms with van der Waals surface area (Å²) >= 11 is 0. The highest BCUT2D eigenvalue weighted by Crippen LogP contribution is 2.15. The third-order valence-corrected chi connectivity index (χ3v) is 5.25. The number of likely N-dealkylation sites (tertiary alicyclic amines) is 1. The Hall–Kier alpha value is -1.67. The second-order valence-electron chi connectivity index (χ2n) is 7.60. The van der Waals surface area contributed by atoms with Crippen molar-refractivity contribution < 1.29 is 4.74 Å². The first kappa shape index (κ1) is 22.6. The van der Waals surface area contributed by atoms with Crippen molar-refractivity contribution >= 4 is 5.96 Å². The number of piperidine rings is 1. The molecule has 0 atom stereocenters. The van der Waals surface area contributed by atoms with E-state index < -0.39 is 0 Å². The van der Waals surface area contributed by atoms with E-state index in [4.69, 9.17) is 4.74 Å². The van der Waals surface area contributed by atoms with Gasteiger partial charge in [-0.05, 0) is 51.2 Å². The Bertz CT molecular complexity index is 553. The molecule has 0 radical (unpaired) electrons. The van der Waals surface area contributed by atoms with E-state index in [0.717, 1.165) is 76.3 Å². The summed E-state index contributed by atoms with van der Waals surface area (Å²) in [4.78, 5) is 7.26. The second kappa shape index (κ2) is 13.5. The summed E-state index contributed by atoms with van der Waals surface area (Å²) < 4.78 is 7.21. The van der Waals surface area contributed by atoms with Crippen LogP contribution in [0.4, 0.5) is 0 Å². The molecule has 1 aliphatic heterocycles. The minimum absolute atomic E-state index is 0.741. The molecule has 0 amide bonds. The summed E-state index contributed by atoms with van der Waals surface area (Å²) in [6, 6.07) is 0. The first-order chi connectivity index (χ1) is 13.7. The number of aryl methyl sites for hydroxylation is 1. The van der Waals surface area contributed by atoms with Gasteiger partial charge < -0.3 is 24.8 Å². The largest absolute Gasteiger partial charge is 0.385 e. The van der Waals surface area contributed by atoms with Crippen LogP contribution in [-0.2, 0) is 17.7 Å². The first-order valence-corrected chi connectivity index (χ1v) is 10.8. The molecule has 28 heavy (non-hydrogen) atoms. The Morgan fingerprint density at radius 2 is 2.00 bits per heavy atom. The molecule has 1 fully saturated rings. The molecular weight excluding hydrogens is 354 g/mol. The lowest BCUT2D eigenvalue weighted by Crippen LogP contribution is -2.41. The topological polar surface area (TPSA) is 79.6 Å². The van der Waals surface area contributed by atoms with Gasteiger partial charge in [-0.15, -0.1) is 10.2 Å². The van der Waals surface area contributed by atoms with Gasteiger partial charge in [0.15, 0.2) is 5.96 Å². The third-order valence-electron chi connectivity index (χ3n) is 5.25. The van der Waals surface area contributed by atoms with Crippen LogP contribution < -0.4 is 10.6 Å². The molecule has 0 bridgehead atoms. The molecule has 0 aromatic carbocycles. The van der Waals surface area contributed by atoms with Crippen molar-refractivity contribution in [2.45, 2.75) is 52.5 Å². The molecule has 1 aromatic rings. The number of nitrogens with one attached hydrogen (secondary N) is 2. The normalized spacial score (nSPS) is 16.5. The number of rotatable bonds is 12. The van der Waals surface area contributed by atoms with Crippen molar-refractivity contribution in [1.29, 1.82) is 0 Å². The maximum absolute atomic E-state index is 5.12. The van der Waals surface area contributed by atoms with Crippen LogP contribution in [-0.4, -0.2) is 78.6 Å². The number of hydrogen-bond acceptors (Lipinski definition) is 5. The van der Waals surface area contributed by atoms with E-state index in [-0.39, 0.29) is 0 Å². The highest BCUT2D eigenvalue weighted by Gasteiger charge is 2.14. The van der Waals surface area contributed by atoms with Crippen LogP contribution in [0, 0.1) is 5.92 Å². The minimum atomic E-state index is 0.741. The lowest BCUT2D eigenvalue weighted by atomic mass is 9.99.